The van der Waals surface area contributed by atoms with E-state index in [0.717, 1.165) is 18.4 Å². The van der Waals surface area contributed by atoms with Gasteiger partial charge in [0, 0.05) is 0 Å². The predicted molar refractivity (Wildman–Crippen MR) is 78.1 cm³/mol. The van der Waals surface area contributed by atoms with Crippen molar-refractivity contribution in [2.45, 2.75) is 39.2 Å². The molecule has 1 aromatic heterocycles. The Bertz CT molecular complexity index is 492. The number of aryl methyl sites for hydroxylation is 3. The summed E-state index contributed by atoms with van der Waals surface area (Å²) in [7, 11) is 0. The molecule has 0 saturated heterocycles. The molecule has 0 aliphatic rings. The van der Waals surface area contributed by atoms with Crippen LogP contribution in [0.15, 0.2) is 35.0 Å². The summed E-state index contributed by atoms with van der Waals surface area (Å²) in [5.74, 6) is 0. The van der Waals surface area contributed by atoms with E-state index in [-0.39, 0.29) is 0 Å². The summed E-state index contributed by atoms with van der Waals surface area (Å²) in [4.78, 5) is 0. The Kier molecular flexibility index (Phi) is 3.88. The highest BCUT2D eigenvalue weighted by atomic mass is 32.1. The van der Waals surface area contributed by atoms with E-state index in [9.17, 15) is 5.11 Å². The molecule has 0 amide bonds. The summed E-state index contributed by atoms with van der Waals surface area (Å²) in [6.07, 6.45) is 1.68. The third-order valence-electron chi connectivity index (χ3n) is 3.32. The van der Waals surface area contributed by atoms with Gasteiger partial charge in [0.2, 0.25) is 0 Å². The molecule has 1 atom stereocenters. The SMILES string of the molecule is Cc1cc(C)cc(C(C)(O)CCc2ccsc2)c1. The first-order valence-electron chi connectivity index (χ1n) is 6.29. The van der Waals surface area contributed by atoms with Crippen LogP contribution in [0.4, 0.5) is 0 Å². The minimum atomic E-state index is -0.751. The van der Waals surface area contributed by atoms with Crippen molar-refractivity contribution < 1.29 is 5.11 Å². The first kappa shape index (κ1) is 13.3. The van der Waals surface area contributed by atoms with Crippen LogP contribution in [-0.2, 0) is 12.0 Å². The molecule has 1 nitrogen and oxygen atoms in total. The van der Waals surface area contributed by atoms with Crippen LogP contribution in [0.25, 0.3) is 0 Å². The molecule has 2 aromatic rings. The molecule has 2 heteroatoms. The molecule has 18 heavy (non-hydrogen) atoms. The topological polar surface area (TPSA) is 20.2 Å². The summed E-state index contributed by atoms with van der Waals surface area (Å²) in [6, 6.07) is 8.43. The van der Waals surface area contributed by atoms with Crippen molar-refractivity contribution in [1.82, 2.24) is 0 Å². The van der Waals surface area contributed by atoms with Gasteiger partial charge in [0.15, 0.2) is 0 Å². The van der Waals surface area contributed by atoms with Crippen molar-refractivity contribution in [2.75, 3.05) is 0 Å². The summed E-state index contributed by atoms with van der Waals surface area (Å²) in [6.45, 7) is 6.06. The van der Waals surface area contributed by atoms with Crippen molar-refractivity contribution in [2.24, 2.45) is 0 Å². The lowest BCUT2D eigenvalue weighted by molar-refractivity contribution is 0.0480. The molecule has 1 unspecified atom stereocenters. The molecule has 0 saturated carbocycles. The summed E-state index contributed by atoms with van der Waals surface area (Å²) in [5, 5.41) is 14.9. The van der Waals surface area contributed by atoms with Crippen LogP contribution in [0.5, 0.6) is 0 Å². The zero-order valence-electron chi connectivity index (χ0n) is 11.2. The lowest BCUT2D eigenvalue weighted by atomic mass is 9.88. The fourth-order valence-corrected chi connectivity index (χ4v) is 2.96. The second-order valence-corrected chi connectivity index (χ2v) is 6.06. The third-order valence-corrected chi connectivity index (χ3v) is 4.06. The molecule has 0 bridgehead atoms. The monoisotopic (exact) mass is 260 g/mol. The Balaban J connectivity index is 2.14. The van der Waals surface area contributed by atoms with E-state index in [4.69, 9.17) is 0 Å². The number of hydrogen-bond acceptors (Lipinski definition) is 2. The molecule has 2 rings (SSSR count). The molecular formula is C16H20OS. The van der Waals surface area contributed by atoms with Crippen molar-refractivity contribution >= 4 is 11.3 Å². The van der Waals surface area contributed by atoms with Crippen LogP contribution in [0, 0.1) is 13.8 Å². The van der Waals surface area contributed by atoms with Crippen LogP contribution < -0.4 is 0 Å². The first-order chi connectivity index (χ1) is 8.47. The first-order valence-corrected chi connectivity index (χ1v) is 7.24. The second kappa shape index (κ2) is 5.25. The van der Waals surface area contributed by atoms with E-state index in [2.05, 4.69) is 48.9 Å². The largest absolute Gasteiger partial charge is 0.385 e. The van der Waals surface area contributed by atoms with Gasteiger partial charge >= 0.3 is 0 Å². The van der Waals surface area contributed by atoms with E-state index in [1.165, 1.54) is 16.7 Å². The van der Waals surface area contributed by atoms with Crippen LogP contribution in [0.2, 0.25) is 0 Å². The predicted octanol–water partition coefficient (Wildman–Crippen LogP) is 4.21. The van der Waals surface area contributed by atoms with Gasteiger partial charge in [0.05, 0.1) is 5.60 Å². The summed E-state index contributed by atoms with van der Waals surface area (Å²) >= 11 is 1.71. The fourth-order valence-electron chi connectivity index (χ4n) is 2.25. The average Bonchev–Trinajstić information content (AvgIpc) is 2.78. The Morgan fingerprint density at radius 3 is 2.39 bits per heavy atom. The molecule has 0 aliphatic carbocycles. The molecule has 0 radical (unpaired) electrons. The van der Waals surface area contributed by atoms with Gasteiger partial charge in [-0.05, 0) is 61.6 Å². The molecule has 96 valence electrons. The number of aliphatic hydroxyl groups is 1. The molecule has 0 fully saturated rings. The fraction of sp³-hybridized carbons (Fsp3) is 0.375. The highest BCUT2D eigenvalue weighted by Gasteiger charge is 2.23. The number of benzene rings is 1. The van der Waals surface area contributed by atoms with Gasteiger partial charge in [0.25, 0.3) is 0 Å². The Morgan fingerprint density at radius 1 is 1.17 bits per heavy atom. The third kappa shape index (κ3) is 3.21. The molecule has 0 aliphatic heterocycles. The summed E-state index contributed by atoms with van der Waals surface area (Å²) < 4.78 is 0. The minimum absolute atomic E-state index is 0.751. The van der Waals surface area contributed by atoms with Gasteiger partial charge in [-0.25, -0.2) is 0 Å². The van der Waals surface area contributed by atoms with Crippen molar-refractivity contribution in [3.05, 3.63) is 57.3 Å². The van der Waals surface area contributed by atoms with Crippen LogP contribution >= 0.6 is 11.3 Å². The maximum absolute atomic E-state index is 10.6. The molecule has 0 spiro atoms. The van der Waals surface area contributed by atoms with E-state index in [0.29, 0.717) is 0 Å². The Hall–Kier alpha value is -1.12. The number of thiophene rings is 1. The highest BCUT2D eigenvalue weighted by molar-refractivity contribution is 7.07. The van der Waals surface area contributed by atoms with Crippen molar-refractivity contribution in [1.29, 1.82) is 0 Å². The minimum Gasteiger partial charge on any atom is -0.385 e. The van der Waals surface area contributed by atoms with Crippen molar-refractivity contribution in [3.8, 4) is 0 Å². The zero-order valence-corrected chi connectivity index (χ0v) is 12.1. The van der Waals surface area contributed by atoms with Crippen LogP contribution in [0.3, 0.4) is 0 Å². The number of hydrogen-bond donors (Lipinski definition) is 1. The maximum Gasteiger partial charge on any atom is 0.0871 e. The number of rotatable bonds is 4. The standard InChI is InChI=1S/C16H20OS/c1-12-8-13(2)10-15(9-12)16(3,17)6-4-14-5-7-18-11-14/h5,7-11,17H,4,6H2,1-3H3. The zero-order chi connectivity index (χ0) is 13.2. The molecular weight excluding hydrogens is 240 g/mol. The molecule has 1 aromatic carbocycles. The summed E-state index contributed by atoms with van der Waals surface area (Å²) in [5.41, 5.74) is 4.00. The van der Waals surface area contributed by atoms with Crippen LogP contribution in [0.1, 0.15) is 35.6 Å². The smallest absolute Gasteiger partial charge is 0.0871 e. The van der Waals surface area contributed by atoms with Gasteiger partial charge in [-0.1, -0.05) is 29.3 Å². The van der Waals surface area contributed by atoms with Gasteiger partial charge in [-0.3, -0.25) is 0 Å². The van der Waals surface area contributed by atoms with E-state index < -0.39 is 5.60 Å². The molecule has 1 N–H and O–H groups in total. The van der Waals surface area contributed by atoms with Crippen molar-refractivity contribution in [3.63, 3.8) is 0 Å². The lowest BCUT2D eigenvalue weighted by Crippen LogP contribution is -2.22. The molecule has 1 heterocycles. The van der Waals surface area contributed by atoms with E-state index in [1.807, 2.05) is 6.92 Å². The lowest BCUT2D eigenvalue weighted by Gasteiger charge is -2.24. The maximum atomic E-state index is 10.6. The highest BCUT2D eigenvalue weighted by Crippen LogP contribution is 2.28. The van der Waals surface area contributed by atoms with Gasteiger partial charge in [-0.2, -0.15) is 11.3 Å². The van der Waals surface area contributed by atoms with E-state index >= 15 is 0 Å². The second-order valence-electron chi connectivity index (χ2n) is 5.28. The normalized spacial score (nSPS) is 14.4. The Labute approximate surface area is 113 Å². The average molecular weight is 260 g/mol. The van der Waals surface area contributed by atoms with Gasteiger partial charge in [-0.15, -0.1) is 0 Å². The van der Waals surface area contributed by atoms with Gasteiger partial charge < -0.3 is 5.11 Å². The van der Waals surface area contributed by atoms with Gasteiger partial charge in [0.1, 0.15) is 0 Å². The quantitative estimate of drug-likeness (QED) is 0.873. The Morgan fingerprint density at radius 2 is 1.83 bits per heavy atom. The van der Waals surface area contributed by atoms with E-state index in [1.54, 1.807) is 11.3 Å². The van der Waals surface area contributed by atoms with Crippen LogP contribution in [-0.4, -0.2) is 5.11 Å².